The van der Waals surface area contributed by atoms with Crippen molar-refractivity contribution in [3.05, 3.63) is 66.0 Å². The van der Waals surface area contributed by atoms with Crippen molar-refractivity contribution in [1.29, 1.82) is 0 Å². The van der Waals surface area contributed by atoms with Crippen LogP contribution in [0.2, 0.25) is 0 Å². The highest BCUT2D eigenvalue weighted by atomic mass is 32.2. The van der Waals surface area contributed by atoms with Crippen LogP contribution in [0.3, 0.4) is 0 Å². The average molecular weight is 368 g/mol. The summed E-state index contributed by atoms with van der Waals surface area (Å²) in [5.41, 5.74) is 7.34. The smallest absolute Gasteiger partial charge is 0.230 e. The van der Waals surface area contributed by atoms with Crippen LogP contribution in [0.5, 0.6) is 5.75 Å². The molecule has 0 radical (unpaired) electrons. The number of para-hydroxylation sites is 2. The minimum absolute atomic E-state index is 0.262. The maximum Gasteiger partial charge on any atom is 0.230 e. The molecule has 1 amide bonds. The first-order valence-electron chi connectivity index (χ1n) is 8.20. The second kappa shape index (κ2) is 8.05. The lowest BCUT2D eigenvalue weighted by molar-refractivity contribution is -0.117. The highest BCUT2D eigenvalue weighted by Crippen LogP contribution is 2.26. The van der Waals surface area contributed by atoms with Gasteiger partial charge in [-0.25, -0.2) is 0 Å². The van der Waals surface area contributed by atoms with Gasteiger partial charge in [0.1, 0.15) is 12.4 Å². The van der Waals surface area contributed by atoms with Crippen LogP contribution in [-0.2, 0) is 11.4 Å². The Balaban J connectivity index is 1.91. The van der Waals surface area contributed by atoms with E-state index in [-0.39, 0.29) is 6.61 Å². The van der Waals surface area contributed by atoms with Crippen molar-refractivity contribution >= 4 is 17.7 Å². The van der Waals surface area contributed by atoms with Crippen molar-refractivity contribution in [2.24, 2.45) is 5.73 Å². The summed E-state index contributed by atoms with van der Waals surface area (Å²) < 4.78 is 7.82. The van der Waals surface area contributed by atoms with Crippen molar-refractivity contribution in [2.45, 2.75) is 30.9 Å². The number of carbonyl (C=O) groups excluding carboxylic acids is 1. The van der Waals surface area contributed by atoms with Gasteiger partial charge < -0.3 is 10.5 Å². The number of hydrogen-bond acceptors (Lipinski definition) is 5. The minimum Gasteiger partial charge on any atom is -0.485 e. The van der Waals surface area contributed by atoms with Gasteiger partial charge in [-0.05, 0) is 37.6 Å². The summed E-state index contributed by atoms with van der Waals surface area (Å²) in [7, 11) is 0. The first kappa shape index (κ1) is 18.0. The third-order valence-corrected chi connectivity index (χ3v) is 4.91. The number of nitrogens with zero attached hydrogens (tertiary/aromatic N) is 3. The minimum atomic E-state index is -0.410. The molecule has 0 spiro atoms. The number of hydrogen-bond donors (Lipinski definition) is 1. The van der Waals surface area contributed by atoms with Crippen molar-refractivity contribution in [3.8, 4) is 11.4 Å². The van der Waals surface area contributed by atoms with Gasteiger partial charge >= 0.3 is 0 Å². The number of aromatic nitrogens is 3. The van der Waals surface area contributed by atoms with Crippen molar-refractivity contribution < 1.29 is 9.53 Å². The number of aryl methyl sites for hydroxylation is 1. The number of thioether (sulfide) groups is 1. The largest absolute Gasteiger partial charge is 0.485 e. The standard InChI is InChI=1S/C19H20N4O2S/c1-13-8-6-7-11-16(13)25-12-17-21-22-19(26-14(2)18(20)24)23(17)15-9-4-3-5-10-15/h3-11,14H,12H2,1-2H3,(H2,20,24). The maximum absolute atomic E-state index is 11.4. The molecule has 0 aliphatic rings. The summed E-state index contributed by atoms with van der Waals surface area (Å²) in [5, 5.41) is 8.69. The first-order chi connectivity index (χ1) is 12.6. The quantitative estimate of drug-likeness (QED) is 0.648. The Labute approximate surface area is 156 Å². The van der Waals surface area contributed by atoms with Gasteiger partial charge in [-0.3, -0.25) is 9.36 Å². The van der Waals surface area contributed by atoms with Gasteiger partial charge in [0.25, 0.3) is 0 Å². The number of ether oxygens (including phenoxy) is 1. The van der Waals surface area contributed by atoms with Crippen LogP contribution in [0.4, 0.5) is 0 Å². The van der Waals surface area contributed by atoms with E-state index in [1.807, 2.05) is 66.1 Å². The summed E-state index contributed by atoms with van der Waals surface area (Å²) in [6.45, 7) is 4.01. The molecule has 3 aromatic rings. The number of carbonyl (C=O) groups is 1. The lowest BCUT2D eigenvalue weighted by Gasteiger charge is -2.13. The number of benzene rings is 2. The molecule has 0 saturated carbocycles. The van der Waals surface area contributed by atoms with E-state index >= 15 is 0 Å². The summed E-state index contributed by atoms with van der Waals surface area (Å²) >= 11 is 1.28. The molecule has 0 saturated heterocycles. The Morgan fingerprint density at radius 2 is 1.85 bits per heavy atom. The van der Waals surface area contributed by atoms with E-state index in [2.05, 4.69) is 10.2 Å². The van der Waals surface area contributed by atoms with E-state index in [1.54, 1.807) is 6.92 Å². The second-order valence-electron chi connectivity index (χ2n) is 5.79. The van der Waals surface area contributed by atoms with E-state index in [1.165, 1.54) is 11.8 Å². The number of nitrogens with two attached hydrogens (primary N) is 1. The van der Waals surface area contributed by atoms with Crippen molar-refractivity contribution in [1.82, 2.24) is 14.8 Å². The summed E-state index contributed by atoms with van der Waals surface area (Å²) in [6.07, 6.45) is 0. The van der Waals surface area contributed by atoms with Gasteiger partial charge in [0, 0.05) is 5.69 Å². The Morgan fingerprint density at radius 3 is 2.54 bits per heavy atom. The number of rotatable bonds is 7. The van der Waals surface area contributed by atoms with E-state index in [0.717, 1.165) is 17.0 Å². The zero-order valence-electron chi connectivity index (χ0n) is 14.6. The third-order valence-electron chi connectivity index (χ3n) is 3.85. The van der Waals surface area contributed by atoms with Crippen LogP contribution in [0, 0.1) is 6.92 Å². The normalized spacial score (nSPS) is 11.9. The van der Waals surface area contributed by atoms with E-state index in [0.29, 0.717) is 11.0 Å². The van der Waals surface area contributed by atoms with Gasteiger partial charge in [0.2, 0.25) is 5.91 Å². The lowest BCUT2D eigenvalue weighted by atomic mass is 10.2. The Bertz CT molecular complexity index is 896. The van der Waals surface area contributed by atoms with Crippen LogP contribution in [-0.4, -0.2) is 25.9 Å². The predicted octanol–water partition coefficient (Wildman–Crippen LogP) is 3.12. The van der Waals surface area contributed by atoms with Gasteiger partial charge in [0.15, 0.2) is 11.0 Å². The average Bonchev–Trinajstić information content (AvgIpc) is 3.04. The molecular formula is C19H20N4O2S. The third kappa shape index (κ3) is 4.05. The van der Waals surface area contributed by atoms with Gasteiger partial charge in [-0.1, -0.05) is 48.2 Å². The van der Waals surface area contributed by atoms with Crippen LogP contribution in [0.25, 0.3) is 5.69 Å². The molecule has 6 nitrogen and oxygen atoms in total. The molecule has 0 fully saturated rings. The fraction of sp³-hybridized carbons (Fsp3) is 0.211. The van der Waals surface area contributed by atoms with Gasteiger partial charge in [-0.15, -0.1) is 10.2 Å². The van der Waals surface area contributed by atoms with Crippen LogP contribution in [0.15, 0.2) is 59.8 Å². The molecule has 0 aliphatic heterocycles. The van der Waals surface area contributed by atoms with Crippen molar-refractivity contribution in [2.75, 3.05) is 0 Å². The summed E-state index contributed by atoms with van der Waals surface area (Å²) in [5.74, 6) is 1.06. The highest BCUT2D eigenvalue weighted by molar-refractivity contribution is 8.00. The van der Waals surface area contributed by atoms with Gasteiger partial charge in [-0.2, -0.15) is 0 Å². The molecule has 134 valence electrons. The molecule has 2 aromatic carbocycles. The molecule has 1 atom stereocenters. The Kier molecular flexibility index (Phi) is 5.58. The van der Waals surface area contributed by atoms with E-state index in [4.69, 9.17) is 10.5 Å². The monoisotopic (exact) mass is 368 g/mol. The van der Waals surface area contributed by atoms with Crippen LogP contribution in [0.1, 0.15) is 18.3 Å². The summed E-state index contributed by atoms with van der Waals surface area (Å²) in [4.78, 5) is 11.4. The lowest BCUT2D eigenvalue weighted by Crippen LogP contribution is -2.23. The fourth-order valence-electron chi connectivity index (χ4n) is 2.38. The molecular weight excluding hydrogens is 348 g/mol. The molecule has 1 heterocycles. The SMILES string of the molecule is Cc1ccccc1OCc1nnc(SC(C)C(N)=O)n1-c1ccccc1. The van der Waals surface area contributed by atoms with Crippen molar-refractivity contribution in [3.63, 3.8) is 0 Å². The number of primary amides is 1. The highest BCUT2D eigenvalue weighted by Gasteiger charge is 2.20. The first-order valence-corrected chi connectivity index (χ1v) is 9.08. The second-order valence-corrected chi connectivity index (χ2v) is 7.09. The zero-order chi connectivity index (χ0) is 18.5. The molecule has 0 bridgehead atoms. The van der Waals surface area contributed by atoms with E-state index < -0.39 is 11.2 Å². The van der Waals surface area contributed by atoms with Crippen LogP contribution >= 0.6 is 11.8 Å². The molecule has 1 aromatic heterocycles. The fourth-order valence-corrected chi connectivity index (χ4v) is 3.22. The van der Waals surface area contributed by atoms with Gasteiger partial charge in [0.05, 0.1) is 5.25 Å². The summed E-state index contributed by atoms with van der Waals surface area (Å²) in [6, 6.07) is 17.5. The van der Waals surface area contributed by atoms with Crippen LogP contribution < -0.4 is 10.5 Å². The molecule has 2 N–H and O–H groups in total. The molecule has 7 heteroatoms. The molecule has 26 heavy (non-hydrogen) atoms. The predicted molar refractivity (Wildman–Crippen MR) is 101 cm³/mol. The molecule has 3 rings (SSSR count). The topological polar surface area (TPSA) is 83.0 Å². The number of amides is 1. The molecule has 0 aliphatic carbocycles. The van der Waals surface area contributed by atoms with E-state index in [9.17, 15) is 4.79 Å². The molecule has 1 unspecified atom stereocenters. The Hall–Kier alpha value is -2.80. The zero-order valence-corrected chi connectivity index (χ0v) is 15.4. The Morgan fingerprint density at radius 1 is 1.15 bits per heavy atom. The maximum atomic E-state index is 11.4.